The first-order valence-electron chi connectivity index (χ1n) is 6.80. The van der Waals surface area contributed by atoms with Crippen molar-refractivity contribution in [2.24, 2.45) is 0 Å². The van der Waals surface area contributed by atoms with Crippen molar-refractivity contribution < 1.29 is 13.2 Å². The maximum Gasteiger partial charge on any atom is 0.240 e. The van der Waals surface area contributed by atoms with Crippen LogP contribution in [0.1, 0.15) is 27.2 Å². The Kier molecular flexibility index (Phi) is 6.64. The molecule has 1 amide bonds. The first-order valence-corrected chi connectivity index (χ1v) is 8.66. The van der Waals surface area contributed by atoms with Crippen LogP contribution in [-0.4, -0.2) is 38.4 Å². The summed E-state index contributed by atoms with van der Waals surface area (Å²) in [5, 5.41) is 0.364. The maximum atomic E-state index is 12.1. The Balaban J connectivity index is 2.67. The molecule has 0 radical (unpaired) electrons. The van der Waals surface area contributed by atoms with Gasteiger partial charge < -0.3 is 4.90 Å². The van der Waals surface area contributed by atoms with Crippen LogP contribution >= 0.6 is 11.6 Å². The molecule has 0 aliphatic heterocycles. The van der Waals surface area contributed by atoms with Crippen LogP contribution in [0.4, 0.5) is 0 Å². The number of hydrogen-bond acceptors (Lipinski definition) is 3. The second-order valence-corrected chi connectivity index (χ2v) is 7.03. The summed E-state index contributed by atoms with van der Waals surface area (Å²) in [5.41, 5.74) is 0. The fraction of sp³-hybridized carbons (Fsp3) is 0.500. The SMILES string of the molecule is CCC(C)N(CCNS(=O)(=O)c1cccc(Cl)c1)C(C)=O. The Bertz CT molecular complexity index is 590. The number of hydrogen-bond donors (Lipinski definition) is 1. The summed E-state index contributed by atoms with van der Waals surface area (Å²) >= 11 is 5.79. The molecule has 0 saturated heterocycles. The van der Waals surface area contributed by atoms with Gasteiger partial charge in [0.2, 0.25) is 15.9 Å². The number of halogens is 1. The normalized spacial score (nSPS) is 13.0. The maximum absolute atomic E-state index is 12.1. The van der Waals surface area contributed by atoms with E-state index in [1.807, 2.05) is 13.8 Å². The smallest absolute Gasteiger partial charge is 0.240 e. The molecule has 1 unspecified atom stereocenters. The summed E-state index contributed by atoms with van der Waals surface area (Å²) < 4.78 is 26.7. The number of nitrogens with zero attached hydrogens (tertiary/aromatic N) is 1. The quantitative estimate of drug-likeness (QED) is 0.833. The van der Waals surface area contributed by atoms with Crippen molar-refractivity contribution in [1.82, 2.24) is 9.62 Å². The molecule has 0 heterocycles. The van der Waals surface area contributed by atoms with E-state index in [4.69, 9.17) is 11.6 Å². The molecule has 1 atom stereocenters. The third-order valence-corrected chi connectivity index (χ3v) is 4.97. The number of benzene rings is 1. The van der Waals surface area contributed by atoms with Gasteiger partial charge in [0.15, 0.2) is 0 Å². The molecule has 0 fully saturated rings. The van der Waals surface area contributed by atoms with Gasteiger partial charge in [0, 0.05) is 31.1 Å². The number of carbonyl (C=O) groups is 1. The number of sulfonamides is 1. The van der Waals surface area contributed by atoms with Gasteiger partial charge in [-0.25, -0.2) is 13.1 Å². The van der Waals surface area contributed by atoms with E-state index in [1.54, 1.807) is 17.0 Å². The van der Waals surface area contributed by atoms with Gasteiger partial charge in [-0.2, -0.15) is 0 Å². The van der Waals surface area contributed by atoms with E-state index >= 15 is 0 Å². The molecule has 7 heteroatoms. The van der Waals surface area contributed by atoms with E-state index in [2.05, 4.69) is 4.72 Å². The minimum atomic E-state index is -3.61. The van der Waals surface area contributed by atoms with Crippen molar-refractivity contribution in [3.8, 4) is 0 Å². The molecule has 5 nitrogen and oxygen atoms in total. The standard InChI is InChI=1S/C14H21ClN2O3S/c1-4-11(2)17(12(3)18)9-8-16-21(19,20)14-7-5-6-13(15)10-14/h5-7,10-11,16H,4,8-9H2,1-3H3. The highest BCUT2D eigenvalue weighted by Crippen LogP contribution is 2.15. The number of nitrogens with one attached hydrogen (secondary N) is 1. The van der Waals surface area contributed by atoms with Crippen LogP contribution in [0.25, 0.3) is 0 Å². The van der Waals surface area contributed by atoms with Gasteiger partial charge in [0.05, 0.1) is 4.90 Å². The van der Waals surface area contributed by atoms with Crippen LogP contribution in [0.3, 0.4) is 0 Å². The Morgan fingerprint density at radius 3 is 2.62 bits per heavy atom. The molecule has 1 aromatic rings. The van der Waals surface area contributed by atoms with Crippen LogP contribution in [0.15, 0.2) is 29.2 Å². The van der Waals surface area contributed by atoms with Gasteiger partial charge in [-0.05, 0) is 31.5 Å². The first kappa shape index (κ1) is 17.9. The monoisotopic (exact) mass is 332 g/mol. The Hall–Kier alpha value is -1.11. The molecule has 1 aromatic carbocycles. The van der Waals surface area contributed by atoms with Crippen molar-refractivity contribution in [2.75, 3.05) is 13.1 Å². The second-order valence-electron chi connectivity index (χ2n) is 4.82. The van der Waals surface area contributed by atoms with E-state index in [-0.39, 0.29) is 23.4 Å². The van der Waals surface area contributed by atoms with E-state index in [0.29, 0.717) is 11.6 Å². The van der Waals surface area contributed by atoms with Crippen molar-refractivity contribution in [1.29, 1.82) is 0 Å². The molecule has 0 bridgehead atoms. The molecule has 21 heavy (non-hydrogen) atoms. The lowest BCUT2D eigenvalue weighted by atomic mass is 10.2. The van der Waals surface area contributed by atoms with E-state index in [0.717, 1.165) is 6.42 Å². The van der Waals surface area contributed by atoms with E-state index < -0.39 is 10.0 Å². The molecular formula is C14H21ClN2O3S. The fourth-order valence-corrected chi connectivity index (χ4v) is 3.25. The molecule has 0 spiro atoms. The highest BCUT2D eigenvalue weighted by Gasteiger charge is 2.17. The average molecular weight is 333 g/mol. The first-order chi connectivity index (χ1) is 9.77. The summed E-state index contributed by atoms with van der Waals surface area (Å²) in [6, 6.07) is 6.14. The topological polar surface area (TPSA) is 66.5 Å². The lowest BCUT2D eigenvalue weighted by Gasteiger charge is -2.27. The summed E-state index contributed by atoms with van der Waals surface area (Å²) in [6.45, 7) is 5.91. The predicted octanol–water partition coefficient (Wildman–Crippen LogP) is 2.27. The third-order valence-electron chi connectivity index (χ3n) is 3.28. The number of rotatable bonds is 7. The minimum Gasteiger partial charge on any atom is -0.339 e. The van der Waals surface area contributed by atoms with Crippen molar-refractivity contribution in [3.63, 3.8) is 0 Å². The number of amides is 1. The van der Waals surface area contributed by atoms with Crippen molar-refractivity contribution in [3.05, 3.63) is 29.3 Å². The van der Waals surface area contributed by atoms with Crippen LogP contribution in [-0.2, 0) is 14.8 Å². The lowest BCUT2D eigenvalue weighted by Crippen LogP contribution is -2.42. The van der Waals surface area contributed by atoms with Gasteiger partial charge in [-0.1, -0.05) is 24.6 Å². The van der Waals surface area contributed by atoms with E-state index in [1.165, 1.54) is 19.1 Å². The van der Waals surface area contributed by atoms with E-state index in [9.17, 15) is 13.2 Å². The summed E-state index contributed by atoms with van der Waals surface area (Å²) in [5.74, 6) is -0.0636. The third kappa shape index (κ3) is 5.30. The lowest BCUT2D eigenvalue weighted by molar-refractivity contribution is -0.130. The molecule has 0 aliphatic carbocycles. The Morgan fingerprint density at radius 2 is 2.10 bits per heavy atom. The largest absolute Gasteiger partial charge is 0.339 e. The zero-order valence-corrected chi connectivity index (χ0v) is 14.0. The molecule has 0 aromatic heterocycles. The Morgan fingerprint density at radius 1 is 1.43 bits per heavy atom. The molecule has 1 N–H and O–H groups in total. The zero-order valence-electron chi connectivity index (χ0n) is 12.5. The molecule has 118 valence electrons. The summed E-state index contributed by atoms with van der Waals surface area (Å²) in [6.07, 6.45) is 0.820. The van der Waals surface area contributed by atoms with Crippen LogP contribution in [0.2, 0.25) is 5.02 Å². The van der Waals surface area contributed by atoms with Gasteiger partial charge in [0.25, 0.3) is 0 Å². The average Bonchev–Trinajstić information content (AvgIpc) is 2.42. The predicted molar refractivity (Wildman–Crippen MR) is 83.8 cm³/mol. The molecular weight excluding hydrogens is 312 g/mol. The minimum absolute atomic E-state index is 0.0636. The van der Waals surface area contributed by atoms with Crippen LogP contribution < -0.4 is 4.72 Å². The second kappa shape index (κ2) is 7.77. The van der Waals surface area contributed by atoms with Gasteiger partial charge in [0.1, 0.15) is 0 Å². The Labute approximate surface area is 131 Å². The molecule has 0 saturated carbocycles. The summed E-state index contributed by atoms with van der Waals surface area (Å²) in [4.78, 5) is 13.3. The van der Waals surface area contributed by atoms with Crippen LogP contribution in [0.5, 0.6) is 0 Å². The van der Waals surface area contributed by atoms with Crippen molar-refractivity contribution >= 4 is 27.5 Å². The van der Waals surface area contributed by atoms with Crippen LogP contribution in [0, 0.1) is 0 Å². The summed E-state index contributed by atoms with van der Waals surface area (Å²) in [7, 11) is -3.61. The van der Waals surface area contributed by atoms with Gasteiger partial charge >= 0.3 is 0 Å². The zero-order chi connectivity index (χ0) is 16.0. The number of carbonyl (C=O) groups excluding carboxylic acids is 1. The molecule has 1 rings (SSSR count). The molecule has 0 aliphatic rings. The van der Waals surface area contributed by atoms with Crippen molar-refractivity contribution in [2.45, 2.75) is 38.1 Å². The fourth-order valence-electron chi connectivity index (χ4n) is 1.93. The van der Waals surface area contributed by atoms with Gasteiger partial charge in [-0.3, -0.25) is 4.79 Å². The highest BCUT2D eigenvalue weighted by atomic mass is 35.5. The highest BCUT2D eigenvalue weighted by molar-refractivity contribution is 7.89. The van der Waals surface area contributed by atoms with Gasteiger partial charge in [-0.15, -0.1) is 0 Å².